The summed E-state index contributed by atoms with van der Waals surface area (Å²) in [6, 6.07) is 2.58. The number of aliphatic carboxylic acids is 1. The zero-order chi connectivity index (χ0) is 13.2. The van der Waals surface area contributed by atoms with Crippen LogP contribution >= 0.6 is 0 Å². The van der Waals surface area contributed by atoms with Gasteiger partial charge in [0.05, 0.1) is 0 Å². The van der Waals surface area contributed by atoms with Gasteiger partial charge in [0, 0.05) is 12.0 Å². The largest absolute Gasteiger partial charge is 0.480 e. The van der Waals surface area contributed by atoms with Crippen LogP contribution < -0.4 is 5.73 Å². The second-order valence-corrected chi connectivity index (χ2v) is 4.32. The van der Waals surface area contributed by atoms with Crippen molar-refractivity contribution in [1.29, 1.82) is 0 Å². The number of rotatable bonds is 4. The lowest BCUT2D eigenvalue weighted by atomic mass is 9.95. The van der Waals surface area contributed by atoms with Crippen LogP contribution in [0.5, 0.6) is 0 Å². The van der Waals surface area contributed by atoms with E-state index in [4.69, 9.17) is 10.8 Å². The normalized spacial score (nSPS) is 12.2. The highest BCUT2D eigenvalue weighted by Gasteiger charge is 2.19. The molecule has 0 aliphatic rings. The Kier molecular flexibility index (Phi) is 4.02. The highest BCUT2D eigenvalue weighted by molar-refractivity contribution is 6.00. The topological polar surface area (TPSA) is 80.4 Å². The van der Waals surface area contributed by atoms with Crippen LogP contribution in [0.2, 0.25) is 0 Å². The first-order valence-corrected chi connectivity index (χ1v) is 5.42. The predicted molar refractivity (Wildman–Crippen MR) is 65.2 cm³/mol. The number of benzene rings is 1. The van der Waals surface area contributed by atoms with Crippen molar-refractivity contribution in [3.63, 3.8) is 0 Å². The predicted octanol–water partition coefficient (Wildman–Crippen LogP) is 1.60. The summed E-state index contributed by atoms with van der Waals surface area (Å²) in [6.07, 6.45) is -0.168. The van der Waals surface area contributed by atoms with Crippen LogP contribution in [-0.4, -0.2) is 22.9 Å². The summed E-state index contributed by atoms with van der Waals surface area (Å²) in [5, 5.41) is 8.67. The van der Waals surface area contributed by atoms with Crippen molar-refractivity contribution in [3.05, 3.63) is 34.4 Å². The number of hydrogen-bond acceptors (Lipinski definition) is 3. The van der Waals surface area contributed by atoms with Gasteiger partial charge < -0.3 is 10.8 Å². The zero-order valence-electron chi connectivity index (χ0n) is 10.3. The van der Waals surface area contributed by atoms with Crippen LogP contribution in [0.4, 0.5) is 0 Å². The van der Waals surface area contributed by atoms with Gasteiger partial charge in [0.1, 0.15) is 6.04 Å². The number of carbonyl (C=O) groups excluding carboxylic acids is 1. The summed E-state index contributed by atoms with van der Waals surface area (Å²) in [6.45, 7) is 5.73. The van der Waals surface area contributed by atoms with Gasteiger partial charge in [-0.15, -0.1) is 0 Å². The lowest BCUT2D eigenvalue weighted by molar-refractivity contribution is -0.138. The number of ketones is 1. The summed E-state index contributed by atoms with van der Waals surface area (Å²) in [4.78, 5) is 22.5. The van der Waals surface area contributed by atoms with Crippen LogP contribution in [0.1, 0.15) is 33.5 Å². The van der Waals surface area contributed by atoms with E-state index in [1.807, 2.05) is 26.8 Å². The van der Waals surface area contributed by atoms with Crippen molar-refractivity contribution < 1.29 is 14.7 Å². The van der Waals surface area contributed by atoms with Gasteiger partial charge in [-0.2, -0.15) is 0 Å². The van der Waals surface area contributed by atoms with Crippen molar-refractivity contribution in [2.75, 3.05) is 0 Å². The highest BCUT2D eigenvalue weighted by atomic mass is 16.4. The molecule has 17 heavy (non-hydrogen) atoms. The molecular formula is C13H17NO3. The Hall–Kier alpha value is -1.68. The van der Waals surface area contributed by atoms with E-state index in [0.29, 0.717) is 5.56 Å². The molecule has 0 fully saturated rings. The minimum Gasteiger partial charge on any atom is -0.480 e. The molecule has 0 radical (unpaired) electrons. The number of nitrogens with two attached hydrogens (primary N) is 1. The molecule has 0 aliphatic carbocycles. The standard InChI is InChI=1S/C13H17NO3/c1-7-4-9(3)10(5-8(7)2)12(15)6-11(14)13(16)17/h4-5,11H,6,14H2,1-3H3,(H,16,17)/t11-/m1/s1. The summed E-state index contributed by atoms with van der Waals surface area (Å²) >= 11 is 0. The smallest absolute Gasteiger partial charge is 0.320 e. The molecule has 1 atom stereocenters. The van der Waals surface area contributed by atoms with Gasteiger partial charge in [-0.1, -0.05) is 6.07 Å². The molecule has 0 saturated heterocycles. The lowest BCUT2D eigenvalue weighted by Crippen LogP contribution is -2.32. The molecule has 1 rings (SSSR count). The summed E-state index contributed by atoms with van der Waals surface area (Å²) in [5.74, 6) is -1.37. The van der Waals surface area contributed by atoms with Crippen molar-refractivity contribution in [2.24, 2.45) is 5.73 Å². The molecule has 4 heteroatoms. The molecule has 0 saturated carbocycles. The first-order valence-electron chi connectivity index (χ1n) is 5.42. The maximum Gasteiger partial charge on any atom is 0.320 e. The number of hydrogen-bond donors (Lipinski definition) is 2. The van der Waals surface area contributed by atoms with Crippen LogP contribution in [0.25, 0.3) is 0 Å². The van der Waals surface area contributed by atoms with Crippen LogP contribution in [0.3, 0.4) is 0 Å². The Bertz CT molecular complexity index is 466. The Balaban J connectivity index is 2.97. The van der Waals surface area contributed by atoms with Crippen molar-refractivity contribution in [2.45, 2.75) is 33.2 Å². The van der Waals surface area contributed by atoms with Gasteiger partial charge in [0.2, 0.25) is 0 Å². The minimum atomic E-state index is -1.15. The lowest BCUT2D eigenvalue weighted by Gasteiger charge is -2.10. The highest BCUT2D eigenvalue weighted by Crippen LogP contribution is 2.17. The quantitative estimate of drug-likeness (QED) is 0.777. The Morgan fingerprint density at radius 2 is 1.71 bits per heavy atom. The molecule has 0 heterocycles. The van der Waals surface area contributed by atoms with E-state index in [1.54, 1.807) is 6.07 Å². The van der Waals surface area contributed by atoms with Crippen LogP contribution in [-0.2, 0) is 4.79 Å². The van der Waals surface area contributed by atoms with Crippen molar-refractivity contribution >= 4 is 11.8 Å². The molecule has 0 aromatic heterocycles. The number of carboxylic acids is 1. The average molecular weight is 235 g/mol. The van der Waals surface area contributed by atoms with E-state index in [0.717, 1.165) is 16.7 Å². The Morgan fingerprint density at radius 1 is 1.18 bits per heavy atom. The number of Topliss-reactive ketones (excluding diaryl/α,β-unsaturated/α-hetero) is 1. The van der Waals surface area contributed by atoms with Crippen LogP contribution in [0.15, 0.2) is 12.1 Å². The fraction of sp³-hybridized carbons (Fsp3) is 0.385. The SMILES string of the molecule is Cc1cc(C)c(C(=O)C[C@@H](N)C(=O)O)cc1C. The molecular weight excluding hydrogens is 218 g/mol. The molecule has 0 aliphatic heterocycles. The van der Waals surface area contributed by atoms with Crippen molar-refractivity contribution in [3.8, 4) is 0 Å². The number of aryl methyl sites for hydroxylation is 3. The molecule has 0 bridgehead atoms. The van der Waals surface area contributed by atoms with Gasteiger partial charge in [0.15, 0.2) is 5.78 Å². The fourth-order valence-corrected chi connectivity index (χ4v) is 1.66. The Morgan fingerprint density at radius 3 is 2.24 bits per heavy atom. The molecule has 0 unspecified atom stereocenters. The Labute approximate surface area is 100 Å². The zero-order valence-corrected chi connectivity index (χ0v) is 10.3. The maximum atomic E-state index is 11.9. The average Bonchev–Trinajstić information content (AvgIpc) is 2.22. The molecule has 92 valence electrons. The monoisotopic (exact) mass is 235 g/mol. The van der Waals surface area contributed by atoms with Gasteiger partial charge in [0.25, 0.3) is 0 Å². The first-order chi connectivity index (χ1) is 7.82. The van der Waals surface area contributed by atoms with Gasteiger partial charge in [-0.25, -0.2) is 0 Å². The summed E-state index contributed by atoms with van der Waals surface area (Å²) in [5.41, 5.74) is 8.90. The van der Waals surface area contributed by atoms with E-state index >= 15 is 0 Å². The van der Waals surface area contributed by atoms with Gasteiger partial charge in [-0.05, 0) is 43.5 Å². The first kappa shape index (κ1) is 13.4. The van der Waals surface area contributed by atoms with Crippen LogP contribution in [0, 0.1) is 20.8 Å². The van der Waals surface area contributed by atoms with E-state index in [-0.39, 0.29) is 12.2 Å². The van der Waals surface area contributed by atoms with E-state index < -0.39 is 12.0 Å². The molecule has 1 aromatic rings. The third kappa shape index (κ3) is 3.14. The third-order valence-corrected chi connectivity index (χ3v) is 2.86. The molecule has 0 spiro atoms. The summed E-state index contributed by atoms with van der Waals surface area (Å²) < 4.78 is 0. The molecule has 1 aromatic carbocycles. The van der Waals surface area contributed by atoms with E-state index in [2.05, 4.69) is 0 Å². The van der Waals surface area contributed by atoms with Gasteiger partial charge in [-0.3, -0.25) is 9.59 Å². The second kappa shape index (κ2) is 5.10. The van der Waals surface area contributed by atoms with E-state index in [9.17, 15) is 9.59 Å². The number of carbonyl (C=O) groups is 2. The summed E-state index contributed by atoms with van der Waals surface area (Å²) in [7, 11) is 0. The molecule has 4 nitrogen and oxygen atoms in total. The van der Waals surface area contributed by atoms with Crippen molar-refractivity contribution in [1.82, 2.24) is 0 Å². The third-order valence-electron chi connectivity index (χ3n) is 2.86. The van der Waals surface area contributed by atoms with E-state index in [1.165, 1.54) is 0 Å². The number of carboxylic acid groups (broad SMARTS) is 1. The molecule has 0 amide bonds. The second-order valence-electron chi connectivity index (χ2n) is 4.32. The maximum absolute atomic E-state index is 11.9. The van der Waals surface area contributed by atoms with Gasteiger partial charge >= 0.3 is 5.97 Å². The molecule has 3 N–H and O–H groups in total. The minimum absolute atomic E-state index is 0.168. The fourth-order valence-electron chi connectivity index (χ4n) is 1.66.